The molecular formula is C14H19ClN2O2. The molecule has 4 nitrogen and oxygen atoms in total. The summed E-state index contributed by atoms with van der Waals surface area (Å²) in [5.41, 5.74) is 7.03. The summed E-state index contributed by atoms with van der Waals surface area (Å²) in [6, 6.07) is 5.61. The van der Waals surface area contributed by atoms with Gasteiger partial charge in [-0.1, -0.05) is 17.7 Å². The van der Waals surface area contributed by atoms with Crippen molar-refractivity contribution in [3.05, 3.63) is 28.8 Å². The van der Waals surface area contributed by atoms with Crippen molar-refractivity contribution in [2.75, 3.05) is 5.32 Å². The van der Waals surface area contributed by atoms with Crippen LogP contribution in [0, 0.1) is 0 Å². The van der Waals surface area contributed by atoms with E-state index in [1.807, 2.05) is 32.9 Å². The average Bonchev–Trinajstić information content (AvgIpc) is 2.92. The quantitative estimate of drug-likeness (QED) is 0.872. The second-order valence-corrected chi connectivity index (χ2v) is 6.30. The minimum absolute atomic E-state index is 0.167. The van der Waals surface area contributed by atoms with Crippen LogP contribution in [0.25, 0.3) is 0 Å². The molecule has 1 aromatic rings. The molecule has 0 radical (unpaired) electrons. The van der Waals surface area contributed by atoms with Gasteiger partial charge in [0.15, 0.2) is 0 Å². The summed E-state index contributed by atoms with van der Waals surface area (Å²) < 4.78 is 5.24. The summed E-state index contributed by atoms with van der Waals surface area (Å²) in [5.74, 6) is 0.294. The molecule has 19 heavy (non-hydrogen) atoms. The van der Waals surface area contributed by atoms with Crippen LogP contribution < -0.4 is 11.1 Å². The van der Waals surface area contributed by atoms with Crippen molar-refractivity contribution in [3.63, 3.8) is 0 Å². The second kappa shape index (κ2) is 5.02. The summed E-state index contributed by atoms with van der Waals surface area (Å²) in [5, 5.41) is 3.32. The Morgan fingerprint density at radius 1 is 1.47 bits per heavy atom. The van der Waals surface area contributed by atoms with Crippen LogP contribution in [0.1, 0.15) is 38.7 Å². The lowest BCUT2D eigenvalue weighted by atomic mass is 10.1. The van der Waals surface area contributed by atoms with Crippen LogP contribution in [0.15, 0.2) is 18.2 Å². The third-order valence-electron chi connectivity index (χ3n) is 2.89. The first-order valence-electron chi connectivity index (χ1n) is 6.31. The number of halogens is 1. The lowest BCUT2D eigenvalue weighted by Gasteiger charge is -2.20. The van der Waals surface area contributed by atoms with Gasteiger partial charge in [-0.3, -0.25) is 5.32 Å². The van der Waals surface area contributed by atoms with E-state index in [2.05, 4.69) is 5.32 Å². The van der Waals surface area contributed by atoms with Gasteiger partial charge in [-0.05, 0) is 44.9 Å². The van der Waals surface area contributed by atoms with E-state index in [9.17, 15) is 4.79 Å². The molecule has 5 heteroatoms. The molecule has 1 aromatic carbocycles. The second-order valence-electron chi connectivity index (χ2n) is 5.86. The number of carbonyl (C=O) groups excluding carboxylic acids is 1. The van der Waals surface area contributed by atoms with Crippen molar-refractivity contribution in [3.8, 4) is 0 Å². The number of hydrogen-bond acceptors (Lipinski definition) is 3. The van der Waals surface area contributed by atoms with Crippen LogP contribution in [0.4, 0.5) is 10.5 Å². The summed E-state index contributed by atoms with van der Waals surface area (Å²) in [6.45, 7) is 5.47. The molecule has 2 rings (SSSR count). The number of amides is 1. The highest BCUT2D eigenvalue weighted by Crippen LogP contribution is 2.43. The number of nitrogens with one attached hydrogen (secondary N) is 1. The van der Waals surface area contributed by atoms with Gasteiger partial charge >= 0.3 is 6.09 Å². The van der Waals surface area contributed by atoms with Gasteiger partial charge in [0, 0.05) is 22.7 Å². The van der Waals surface area contributed by atoms with Crippen LogP contribution in [0.5, 0.6) is 0 Å². The van der Waals surface area contributed by atoms with Crippen LogP contribution in [-0.4, -0.2) is 17.7 Å². The van der Waals surface area contributed by atoms with E-state index < -0.39 is 11.7 Å². The van der Waals surface area contributed by atoms with Gasteiger partial charge in [0.05, 0.1) is 0 Å². The Balaban J connectivity index is 2.15. The Morgan fingerprint density at radius 3 is 2.63 bits per heavy atom. The van der Waals surface area contributed by atoms with Crippen molar-refractivity contribution in [1.29, 1.82) is 0 Å². The molecule has 0 heterocycles. The summed E-state index contributed by atoms with van der Waals surface area (Å²) in [6.07, 6.45) is 0.454. The Labute approximate surface area is 118 Å². The zero-order chi connectivity index (χ0) is 14.2. The zero-order valence-corrected chi connectivity index (χ0v) is 12.1. The van der Waals surface area contributed by atoms with E-state index in [-0.39, 0.29) is 6.04 Å². The molecule has 1 aliphatic rings. The molecule has 0 aromatic heterocycles. The molecule has 0 saturated heterocycles. The maximum Gasteiger partial charge on any atom is 0.412 e. The van der Waals surface area contributed by atoms with E-state index in [1.165, 1.54) is 0 Å². The predicted molar refractivity (Wildman–Crippen MR) is 76.6 cm³/mol. The molecule has 0 spiro atoms. The van der Waals surface area contributed by atoms with E-state index in [4.69, 9.17) is 22.1 Å². The third kappa shape index (κ3) is 3.85. The molecular weight excluding hydrogens is 264 g/mol. The van der Waals surface area contributed by atoms with Crippen molar-refractivity contribution in [2.45, 2.75) is 44.8 Å². The zero-order valence-electron chi connectivity index (χ0n) is 11.4. The van der Waals surface area contributed by atoms with E-state index in [1.54, 1.807) is 6.07 Å². The molecule has 2 atom stereocenters. The van der Waals surface area contributed by atoms with Crippen molar-refractivity contribution in [1.82, 2.24) is 0 Å². The van der Waals surface area contributed by atoms with Gasteiger partial charge in [0.25, 0.3) is 0 Å². The van der Waals surface area contributed by atoms with Gasteiger partial charge in [0.1, 0.15) is 5.60 Å². The standard InChI is InChI=1S/C14H19ClN2O2/c1-14(2,3)19-13(18)17-12-6-8(15)4-5-9(12)10-7-11(10)16/h4-6,10-11H,7,16H2,1-3H3,(H,17,18). The van der Waals surface area contributed by atoms with Crippen molar-refractivity contribution >= 4 is 23.4 Å². The monoisotopic (exact) mass is 282 g/mol. The van der Waals surface area contributed by atoms with Crippen LogP contribution in [0.3, 0.4) is 0 Å². The number of rotatable bonds is 2. The molecule has 2 unspecified atom stereocenters. The fourth-order valence-electron chi connectivity index (χ4n) is 1.95. The van der Waals surface area contributed by atoms with Crippen molar-refractivity contribution < 1.29 is 9.53 Å². The number of anilines is 1. The third-order valence-corrected chi connectivity index (χ3v) is 3.13. The average molecular weight is 283 g/mol. The number of benzene rings is 1. The van der Waals surface area contributed by atoms with Crippen LogP contribution in [-0.2, 0) is 4.74 Å². The molecule has 1 amide bonds. The number of carbonyl (C=O) groups is 1. The fraction of sp³-hybridized carbons (Fsp3) is 0.500. The Kier molecular flexibility index (Phi) is 3.74. The Hall–Kier alpha value is -1.26. The lowest BCUT2D eigenvalue weighted by Crippen LogP contribution is -2.27. The highest BCUT2D eigenvalue weighted by molar-refractivity contribution is 6.31. The van der Waals surface area contributed by atoms with E-state index >= 15 is 0 Å². The molecule has 1 aliphatic carbocycles. The maximum absolute atomic E-state index is 11.8. The maximum atomic E-state index is 11.8. The minimum atomic E-state index is -0.529. The summed E-state index contributed by atoms with van der Waals surface area (Å²) in [7, 11) is 0. The van der Waals surface area contributed by atoms with Crippen LogP contribution in [0.2, 0.25) is 5.02 Å². The van der Waals surface area contributed by atoms with E-state index in [0.717, 1.165) is 12.0 Å². The van der Waals surface area contributed by atoms with Gasteiger partial charge < -0.3 is 10.5 Å². The largest absolute Gasteiger partial charge is 0.444 e. The summed E-state index contributed by atoms with van der Waals surface area (Å²) >= 11 is 5.97. The van der Waals surface area contributed by atoms with Crippen molar-refractivity contribution in [2.24, 2.45) is 5.73 Å². The molecule has 0 aliphatic heterocycles. The fourth-order valence-corrected chi connectivity index (χ4v) is 2.12. The first-order chi connectivity index (χ1) is 8.76. The predicted octanol–water partition coefficient (Wildman–Crippen LogP) is 3.50. The Morgan fingerprint density at radius 2 is 2.11 bits per heavy atom. The first-order valence-corrected chi connectivity index (χ1v) is 6.69. The molecule has 1 fully saturated rings. The van der Waals surface area contributed by atoms with Gasteiger partial charge in [-0.25, -0.2) is 4.79 Å². The topological polar surface area (TPSA) is 64.3 Å². The molecule has 3 N–H and O–H groups in total. The number of hydrogen-bond donors (Lipinski definition) is 2. The normalized spacial score (nSPS) is 21.9. The molecule has 0 bridgehead atoms. The number of ether oxygens (including phenoxy) is 1. The minimum Gasteiger partial charge on any atom is -0.444 e. The molecule has 104 valence electrons. The Bertz CT molecular complexity index is 497. The summed E-state index contributed by atoms with van der Waals surface area (Å²) in [4.78, 5) is 11.8. The lowest BCUT2D eigenvalue weighted by molar-refractivity contribution is 0.0636. The number of nitrogens with two attached hydrogens (primary N) is 1. The first kappa shape index (κ1) is 14.2. The smallest absolute Gasteiger partial charge is 0.412 e. The van der Waals surface area contributed by atoms with E-state index in [0.29, 0.717) is 16.6 Å². The van der Waals surface area contributed by atoms with Crippen LogP contribution >= 0.6 is 11.6 Å². The van der Waals surface area contributed by atoms with Gasteiger partial charge in [0.2, 0.25) is 0 Å². The van der Waals surface area contributed by atoms with Gasteiger partial charge in [-0.2, -0.15) is 0 Å². The highest BCUT2D eigenvalue weighted by atomic mass is 35.5. The van der Waals surface area contributed by atoms with Gasteiger partial charge in [-0.15, -0.1) is 0 Å². The SMILES string of the molecule is CC(C)(C)OC(=O)Nc1cc(Cl)ccc1C1CC1N. The molecule has 1 saturated carbocycles. The highest BCUT2D eigenvalue weighted by Gasteiger charge is 2.36.